The van der Waals surface area contributed by atoms with Crippen LogP contribution in [0.4, 0.5) is 35.0 Å². The van der Waals surface area contributed by atoms with Gasteiger partial charge in [-0.2, -0.15) is 18.2 Å². The average Bonchev–Trinajstić information content (AvgIpc) is 2.45. The third-order valence-electron chi connectivity index (χ3n) is 2.65. The summed E-state index contributed by atoms with van der Waals surface area (Å²) in [4.78, 5) is 19.3. The lowest BCUT2D eigenvalue weighted by Crippen LogP contribution is -2.16. The molecule has 1 aromatic carbocycles. The van der Waals surface area contributed by atoms with Gasteiger partial charge in [-0.15, -0.1) is 0 Å². The fourth-order valence-electron chi connectivity index (χ4n) is 1.69. The molecule has 0 aliphatic heterocycles. The van der Waals surface area contributed by atoms with Gasteiger partial charge in [-0.3, -0.25) is 4.79 Å². The molecular formula is C13H11F4N5OS. The first-order valence-electron chi connectivity index (χ1n) is 6.34. The van der Waals surface area contributed by atoms with E-state index in [2.05, 4.69) is 15.3 Å². The Balaban J connectivity index is 2.02. The van der Waals surface area contributed by atoms with Crippen LogP contribution in [0.15, 0.2) is 29.3 Å². The van der Waals surface area contributed by atoms with Crippen molar-refractivity contribution in [3.8, 4) is 0 Å². The van der Waals surface area contributed by atoms with Gasteiger partial charge in [0.2, 0.25) is 11.9 Å². The second kappa shape index (κ2) is 6.91. The molecule has 1 heterocycles. The molecule has 0 spiro atoms. The van der Waals surface area contributed by atoms with E-state index < -0.39 is 23.5 Å². The Labute approximate surface area is 137 Å². The van der Waals surface area contributed by atoms with Gasteiger partial charge in [0.05, 0.1) is 11.3 Å². The number of hydrogen-bond acceptors (Lipinski definition) is 6. The number of nitrogen functional groups attached to an aromatic ring is 2. The molecule has 0 aliphatic carbocycles. The SMILES string of the molecule is Nc1cc(SCC(=O)Nc2ccc(F)c(C(F)(F)F)c2)nc(N)n1. The zero-order valence-electron chi connectivity index (χ0n) is 11.9. The Hall–Kier alpha value is -2.56. The van der Waals surface area contributed by atoms with Crippen molar-refractivity contribution < 1.29 is 22.4 Å². The van der Waals surface area contributed by atoms with E-state index in [0.29, 0.717) is 17.2 Å². The first kappa shape index (κ1) is 17.8. The Morgan fingerprint density at radius 2 is 1.92 bits per heavy atom. The van der Waals surface area contributed by atoms with Crippen molar-refractivity contribution in [1.82, 2.24) is 9.97 Å². The van der Waals surface area contributed by atoms with Crippen LogP contribution >= 0.6 is 11.8 Å². The largest absolute Gasteiger partial charge is 0.419 e. The van der Waals surface area contributed by atoms with Crippen LogP contribution in [0.2, 0.25) is 0 Å². The normalized spacial score (nSPS) is 11.3. The third-order valence-corrected chi connectivity index (χ3v) is 3.56. The molecule has 0 saturated carbocycles. The van der Waals surface area contributed by atoms with Crippen molar-refractivity contribution in [2.75, 3.05) is 22.5 Å². The zero-order chi connectivity index (χ0) is 17.9. The fourth-order valence-corrected chi connectivity index (χ4v) is 2.41. The highest BCUT2D eigenvalue weighted by Crippen LogP contribution is 2.33. The first-order chi connectivity index (χ1) is 11.1. The topological polar surface area (TPSA) is 107 Å². The Kier molecular flexibility index (Phi) is 5.12. The average molecular weight is 361 g/mol. The molecule has 11 heteroatoms. The summed E-state index contributed by atoms with van der Waals surface area (Å²) in [6, 6.07) is 3.59. The number of carbonyl (C=O) groups is 1. The quantitative estimate of drug-likeness (QED) is 0.439. The molecule has 6 nitrogen and oxygen atoms in total. The number of nitrogens with two attached hydrogens (primary N) is 2. The molecule has 5 N–H and O–H groups in total. The summed E-state index contributed by atoms with van der Waals surface area (Å²) in [6.45, 7) is 0. The minimum Gasteiger partial charge on any atom is -0.383 e. The monoisotopic (exact) mass is 361 g/mol. The molecule has 0 aliphatic rings. The van der Waals surface area contributed by atoms with E-state index in [1.165, 1.54) is 6.07 Å². The molecule has 2 aromatic rings. The van der Waals surface area contributed by atoms with E-state index in [0.717, 1.165) is 17.8 Å². The first-order valence-corrected chi connectivity index (χ1v) is 7.33. The van der Waals surface area contributed by atoms with E-state index in [1.807, 2.05) is 0 Å². The van der Waals surface area contributed by atoms with Gasteiger partial charge in [-0.25, -0.2) is 9.37 Å². The molecule has 0 atom stereocenters. The molecule has 0 unspecified atom stereocenters. The third kappa shape index (κ3) is 4.72. The van der Waals surface area contributed by atoms with Crippen molar-refractivity contribution in [2.45, 2.75) is 11.2 Å². The number of rotatable bonds is 4. The van der Waals surface area contributed by atoms with Gasteiger partial charge in [0.1, 0.15) is 16.7 Å². The van der Waals surface area contributed by atoms with Crippen LogP contribution in [0.25, 0.3) is 0 Å². The van der Waals surface area contributed by atoms with Crippen LogP contribution in [0.1, 0.15) is 5.56 Å². The van der Waals surface area contributed by atoms with Gasteiger partial charge in [0, 0.05) is 11.8 Å². The second-order valence-corrected chi connectivity index (χ2v) is 5.51. The van der Waals surface area contributed by atoms with E-state index in [9.17, 15) is 22.4 Å². The lowest BCUT2D eigenvalue weighted by molar-refractivity contribution is -0.140. The highest BCUT2D eigenvalue weighted by atomic mass is 32.2. The van der Waals surface area contributed by atoms with Crippen LogP contribution in [0.5, 0.6) is 0 Å². The number of anilines is 3. The van der Waals surface area contributed by atoms with Crippen LogP contribution in [-0.4, -0.2) is 21.6 Å². The van der Waals surface area contributed by atoms with Gasteiger partial charge >= 0.3 is 6.18 Å². The maximum absolute atomic E-state index is 13.2. The number of alkyl halides is 3. The predicted molar refractivity (Wildman–Crippen MR) is 81.6 cm³/mol. The summed E-state index contributed by atoms with van der Waals surface area (Å²) in [6.07, 6.45) is -4.85. The van der Waals surface area contributed by atoms with Crippen molar-refractivity contribution in [1.29, 1.82) is 0 Å². The predicted octanol–water partition coefficient (Wildman–Crippen LogP) is 2.53. The molecular weight excluding hydrogens is 350 g/mol. The van der Waals surface area contributed by atoms with Gasteiger partial charge in [-0.1, -0.05) is 11.8 Å². The summed E-state index contributed by atoms with van der Waals surface area (Å²) in [5.74, 6) is -2.11. The minimum absolute atomic E-state index is 0.0636. The number of hydrogen-bond donors (Lipinski definition) is 3. The summed E-state index contributed by atoms with van der Waals surface area (Å²) in [7, 11) is 0. The molecule has 0 radical (unpaired) electrons. The van der Waals surface area contributed by atoms with Crippen molar-refractivity contribution in [3.63, 3.8) is 0 Å². The van der Waals surface area contributed by atoms with Gasteiger partial charge in [0.15, 0.2) is 0 Å². The van der Waals surface area contributed by atoms with E-state index in [-0.39, 0.29) is 23.2 Å². The standard InChI is InChI=1S/C13H11F4N5OS/c14-8-2-1-6(3-7(8)13(15,16)17)20-10(23)5-24-11-4-9(18)21-12(19)22-11/h1-4H,5H2,(H,20,23)(H4,18,19,21,22). The fraction of sp³-hybridized carbons (Fsp3) is 0.154. The maximum Gasteiger partial charge on any atom is 0.419 e. The van der Waals surface area contributed by atoms with Gasteiger partial charge in [-0.05, 0) is 18.2 Å². The number of carbonyl (C=O) groups excluding carboxylic acids is 1. The van der Waals surface area contributed by atoms with E-state index in [4.69, 9.17) is 11.5 Å². The van der Waals surface area contributed by atoms with Crippen LogP contribution < -0.4 is 16.8 Å². The zero-order valence-corrected chi connectivity index (χ0v) is 12.7. The smallest absolute Gasteiger partial charge is 0.383 e. The summed E-state index contributed by atoms with van der Waals surface area (Å²) in [5, 5.41) is 2.59. The molecule has 0 bridgehead atoms. The molecule has 2 rings (SSSR count). The lowest BCUT2D eigenvalue weighted by Gasteiger charge is -2.11. The molecule has 0 fully saturated rings. The number of aromatic nitrogens is 2. The Morgan fingerprint density at radius 3 is 2.54 bits per heavy atom. The highest BCUT2D eigenvalue weighted by molar-refractivity contribution is 7.99. The number of halogens is 4. The van der Waals surface area contributed by atoms with Crippen LogP contribution in [0, 0.1) is 5.82 Å². The van der Waals surface area contributed by atoms with E-state index in [1.54, 1.807) is 0 Å². The summed E-state index contributed by atoms with van der Waals surface area (Å²) < 4.78 is 51.0. The lowest BCUT2D eigenvalue weighted by atomic mass is 10.2. The summed E-state index contributed by atoms with van der Waals surface area (Å²) >= 11 is 0.970. The number of nitrogens with zero attached hydrogens (tertiary/aromatic N) is 2. The Morgan fingerprint density at radius 1 is 1.21 bits per heavy atom. The second-order valence-electron chi connectivity index (χ2n) is 4.52. The number of benzene rings is 1. The summed E-state index contributed by atoms with van der Waals surface area (Å²) in [5.41, 5.74) is 9.25. The molecule has 128 valence electrons. The number of amides is 1. The van der Waals surface area contributed by atoms with Crippen molar-refractivity contribution >= 4 is 35.1 Å². The van der Waals surface area contributed by atoms with Gasteiger partial charge in [0.25, 0.3) is 0 Å². The molecule has 1 aromatic heterocycles. The van der Waals surface area contributed by atoms with Crippen molar-refractivity contribution in [3.05, 3.63) is 35.6 Å². The van der Waals surface area contributed by atoms with Crippen LogP contribution in [-0.2, 0) is 11.0 Å². The minimum atomic E-state index is -4.85. The van der Waals surface area contributed by atoms with Crippen molar-refractivity contribution in [2.24, 2.45) is 0 Å². The van der Waals surface area contributed by atoms with Crippen LogP contribution in [0.3, 0.4) is 0 Å². The van der Waals surface area contributed by atoms with Gasteiger partial charge < -0.3 is 16.8 Å². The number of nitrogens with one attached hydrogen (secondary N) is 1. The van der Waals surface area contributed by atoms with E-state index >= 15 is 0 Å². The molecule has 0 saturated heterocycles. The highest BCUT2D eigenvalue weighted by Gasteiger charge is 2.34. The molecule has 24 heavy (non-hydrogen) atoms. The maximum atomic E-state index is 13.2. The number of thioether (sulfide) groups is 1. The Bertz CT molecular complexity index is 748. The molecule has 1 amide bonds.